The van der Waals surface area contributed by atoms with Crippen molar-refractivity contribution >= 4 is 11.6 Å². The highest BCUT2D eigenvalue weighted by Gasteiger charge is 2.29. The highest BCUT2D eigenvalue weighted by molar-refractivity contribution is 6.30. The molecule has 1 fully saturated rings. The van der Waals surface area contributed by atoms with Crippen LogP contribution in [0.15, 0.2) is 18.2 Å². The molecule has 0 aromatic heterocycles. The van der Waals surface area contributed by atoms with Crippen molar-refractivity contribution < 1.29 is 13.9 Å². The van der Waals surface area contributed by atoms with E-state index in [0.29, 0.717) is 23.8 Å². The zero-order valence-corrected chi connectivity index (χ0v) is 12.5. The van der Waals surface area contributed by atoms with Crippen molar-refractivity contribution in [2.24, 2.45) is 5.92 Å². The molecule has 0 saturated carbocycles. The second-order valence-electron chi connectivity index (χ2n) is 5.06. The fraction of sp³-hybridized carbons (Fsp3) is 0.600. The molecule has 2 atom stereocenters. The first-order valence-corrected chi connectivity index (χ1v) is 7.36. The standard InChI is InChI=1S/C15H21ClFNO2/c1-19-8-6-18-10-11-3-2-7-20-15(11)13-9-12(16)4-5-14(13)17/h4-5,9,11,15,18H,2-3,6-8,10H2,1H3. The lowest BCUT2D eigenvalue weighted by atomic mass is 9.89. The Balaban J connectivity index is 2.04. The molecule has 20 heavy (non-hydrogen) atoms. The van der Waals surface area contributed by atoms with E-state index in [1.54, 1.807) is 19.2 Å². The molecule has 112 valence electrons. The summed E-state index contributed by atoms with van der Waals surface area (Å²) in [7, 11) is 1.68. The average molecular weight is 302 g/mol. The van der Waals surface area contributed by atoms with Crippen LogP contribution in [0.4, 0.5) is 4.39 Å². The zero-order chi connectivity index (χ0) is 14.4. The van der Waals surface area contributed by atoms with Crippen molar-refractivity contribution in [2.75, 3.05) is 33.4 Å². The maximum Gasteiger partial charge on any atom is 0.129 e. The number of nitrogens with one attached hydrogen (secondary N) is 1. The molecule has 1 N–H and O–H groups in total. The molecule has 2 unspecified atom stereocenters. The van der Waals surface area contributed by atoms with E-state index in [1.807, 2.05) is 0 Å². The quantitative estimate of drug-likeness (QED) is 0.819. The fourth-order valence-corrected chi connectivity index (χ4v) is 2.77. The maximum atomic E-state index is 14.0. The highest BCUT2D eigenvalue weighted by atomic mass is 35.5. The summed E-state index contributed by atoms with van der Waals surface area (Å²) >= 11 is 5.97. The van der Waals surface area contributed by atoms with Crippen molar-refractivity contribution in [2.45, 2.75) is 18.9 Å². The van der Waals surface area contributed by atoms with Gasteiger partial charge in [0.25, 0.3) is 0 Å². The van der Waals surface area contributed by atoms with Gasteiger partial charge in [-0.15, -0.1) is 0 Å². The number of hydrogen-bond acceptors (Lipinski definition) is 3. The minimum atomic E-state index is -0.247. The first-order chi connectivity index (χ1) is 9.72. The fourth-order valence-electron chi connectivity index (χ4n) is 2.59. The number of ether oxygens (including phenoxy) is 2. The van der Waals surface area contributed by atoms with Crippen molar-refractivity contribution in [1.82, 2.24) is 5.32 Å². The van der Waals surface area contributed by atoms with Crippen LogP contribution in [-0.2, 0) is 9.47 Å². The minimum absolute atomic E-state index is 0.225. The van der Waals surface area contributed by atoms with Crippen LogP contribution in [0.2, 0.25) is 5.02 Å². The van der Waals surface area contributed by atoms with Gasteiger partial charge in [0.2, 0.25) is 0 Å². The first-order valence-electron chi connectivity index (χ1n) is 6.98. The molecule has 5 heteroatoms. The van der Waals surface area contributed by atoms with Gasteiger partial charge in [-0.1, -0.05) is 11.6 Å². The lowest BCUT2D eigenvalue weighted by Gasteiger charge is -2.32. The molecular formula is C15H21ClFNO2. The number of benzene rings is 1. The average Bonchev–Trinajstić information content (AvgIpc) is 2.47. The van der Waals surface area contributed by atoms with Gasteiger partial charge < -0.3 is 14.8 Å². The molecule has 1 aliphatic heterocycles. The van der Waals surface area contributed by atoms with E-state index in [4.69, 9.17) is 21.1 Å². The highest BCUT2D eigenvalue weighted by Crippen LogP contribution is 2.35. The lowest BCUT2D eigenvalue weighted by molar-refractivity contribution is -0.0298. The molecule has 1 aromatic carbocycles. The summed E-state index contributed by atoms with van der Waals surface area (Å²) in [4.78, 5) is 0. The van der Waals surface area contributed by atoms with Crippen LogP contribution in [0, 0.1) is 11.7 Å². The normalized spacial score (nSPS) is 22.9. The van der Waals surface area contributed by atoms with Crippen LogP contribution in [0.25, 0.3) is 0 Å². The van der Waals surface area contributed by atoms with Crippen molar-refractivity contribution in [3.8, 4) is 0 Å². The zero-order valence-electron chi connectivity index (χ0n) is 11.7. The molecule has 0 spiro atoms. The molecule has 0 aliphatic carbocycles. The Hall–Kier alpha value is -0.680. The topological polar surface area (TPSA) is 30.5 Å². The van der Waals surface area contributed by atoms with Gasteiger partial charge >= 0.3 is 0 Å². The summed E-state index contributed by atoms with van der Waals surface area (Å²) in [5.41, 5.74) is 0.566. The van der Waals surface area contributed by atoms with E-state index in [0.717, 1.165) is 25.9 Å². The predicted octanol–water partition coefficient (Wildman–Crippen LogP) is 3.18. The molecule has 1 saturated heterocycles. The second kappa shape index (κ2) is 7.93. The van der Waals surface area contributed by atoms with Gasteiger partial charge in [-0.3, -0.25) is 0 Å². The van der Waals surface area contributed by atoms with Gasteiger partial charge in [-0.25, -0.2) is 4.39 Å². The third-order valence-corrected chi connectivity index (χ3v) is 3.83. The number of methoxy groups -OCH3 is 1. The van der Waals surface area contributed by atoms with Crippen LogP contribution >= 0.6 is 11.6 Å². The van der Waals surface area contributed by atoms with E-state index >= 15 is 0 Å². The third kappa shape index (κ3) is 4.16. The summed E-state index contributed by atoms with van der Waals surface area (Å²) in [6.07, 6.45) is 1.81. The van der Waals surface area contributed by atoms with Crippen LogP contribution < -0.4 is 5.32 Å². The molecule has 3 nitrogen and oxygen atoms in total. The van der Waals surface area contributed by atoms with E-state index in [9.17, 15) is 4.39 Å². The van der Waals surface area contributed by atoms with Crippen LogP contribution in [0.1, 0.15) is 24.5 Å². The molecule has 1 aromatic rings. The molecule has 0 bridgehead atoms. The van der Waals surface area contributed by atoms with Crippen LogP contribution in [-0.4, -0.2) is 33.4 Å². The summed E-state index contributed by atoms with van der Waals surface area (Å²) in [5, 5.41) is 3.87. The number of halogens is 2. The Labute approximate surface area is 124 Å². The molecule has 1 heterocycles. The minimum Gasteiger partial charge on any atom is -0.383 e. The van der Waals surface area contributed by atoms with Gasteiger partial charge in [0, 0.05) is 43.3 Å². The van der Waals surface area contributed by atoms with E-state index in [1.165, 1.54) is 6.07 Å². The Kier molecular flexibility index (Phi) is 6.23. The Morgan fingerprint density at radius 2 is 2.35 bits per heavy atom. The van der Waals surface area contributed by atoms with Gasteiger partial charge in [0.15, 0.2) is 0 Å². The van der Waals surface area contributed by atoms with Crippen molar-refractivity contribution in [3.63, 3.8) is 0 Å². The molecule has 0 amide bonds. The molecule has 0 radical (unpaired) electrons. The Bertz CT molecular complexity index is 430. The summed E-state index contributed by atoms with van der Waals surface area (Å²) in [6, 6.07) is 4.65. The molecular weight excluding hydrogens is 281 g/mol. The molecule has 2 rings (SSSR count). The van der Waals surface area contributed by atoms with E-state index in [-0.39, 0.29) is 17.8 Å². The predicted molar refractivity (Wildman–Crippen MR) is 77.6 cm³/mol. The van der Waals surface area contributed by atoms with E-state index in [2.05, 4.69) is 5.32 Å². The van der Waals surface area contributed by atoms with E-state index < -0.39 is 0 Å². The van der Waals surface area contributed by atoms with Gasteiger partial charge in [0.05, 0.1) is 12.7 Å². The Morgan fingerprint density at radius 1 is 1.50 bits per heavy atom. The van der Waals surface area contributed by atoms with Gasteiger partial charge in [-0.2, -0.15) is 0 Å². The van der Waals surface area contributed by atoms with Crippen LogP contribution in [0.5, 0.6) is 0 Å². The third-order valence-electron chi connectivity index (χ3n) is 3.60. The van der Waals surface area contributed by atoms with Gasteiger partial charge in [-0.05, 0) is 31.0 Å². The first kappa shape index (κ1) is 15.7. The largest absolute Gasteiger partial charge is 0.383 e. The Morgan fingerprint density at radius 3 is 3.15 bits per heavy atom. The second-order valence-corrected chi connectivity index (χ2v) is 5.49. The van der Waals surface area contributed by atoms with Crippen LogP contribution in [0.3, 0.4) is 0 Å². The summed E-state index contributed by atoms with van der Waals surface area (Å²) in [5.74, 6) is 0.0109. The van der Waals surface area contributed by atoms with Crippen molar-refractivity contribution in [3.05, 3.63) is 34.6 Å². The smallest absolute Gasteiger partial charge is 0.129 e. The lowest BCUT2D eigenvalue weighted by Crippen LogP contribution is -2.33. The van der Waals surface area contributed by atoms with Crippen molar-refractivity contribution in [1.29, 1.82) is 0 Å². The number of hydrogen-bond donors (Lipinski definition) is 1. The SMILES string of the molecule is COCCNCC1CCCOC1c1cc(Cl)ccc1F. The molecule has 1 aliphatic rings. The van der Waals surface area contributed by atoms with Gasteiger partial charge in [0.1, 0.15) is 5.82 Å². The maximum absolute atomic E-state index is 14.0. The monoisotopic (exact) mass is 301 g/mol. The number of rotatable bonds is 6. The summed E-state index contributed by atoms with van der Waals surface area (Å²) < 4.78 is 24.8. The summed E-state index contributed by atoms with van der Waals surface area (Å²) in [6.45, 7) is 2.92.